The minimum Gasteiger partial charge on any atom is -0.497 e. The molecular formula is C46H53NO10. The SMILES string of the molecule is COc1ccc(COCC2(COCc3ccc(OC)cc3)CC(OCc3ccccc3)C(OCc3ccccc3)(OCc3ccccc3)C(O)(N(C)OC)O2)cc1. The predicted molar refractivity (Wildman–Crippen MR) is 214 cm³/mol. The first-order chi connectivity index (χ1) is 27.8. The maximum atomic E-state index is 13.3. The predicted octanol–water partition coefficient (Wildman–Crippen LogP) is 7.45. The number of methoxy groups -OCH3 is 2. The normalized spacial score (nSPS) is 18.7. The van der Waals surface area contributed by atoms with Crippen molar-refractivity contribution in [1.29, 1.82) is 0 Å². The van der Waals surface area contributed by atoms with Gasteiger partial charge in [0.05, 0.1) is 67.6 Å². The zero-order valence-electron chi connectivity index (χ0n) is 33.1. The van der Waals surface area contributed by atoms with Crippen molar-refractivity contribution in [3.8, 4) is 11.5 Å². The van der Waals surface area contributed by atoms with Crippen molar-refractivity contribution in [2.45, 2.75) is 62.9 Å². The summed E-state index contributed by atoms with van der Waals surface area (Å²) in [5, 5.41) is 14.5. The van der Waals surface area contributed by atoms with Crippen molar-refractivity contribution < 1.29 is 47.8 Å². The number of hydrogen-bond acceptors (Lipinski definition) is 11. The van der Waals surface area contributed by atoms with Crippen molar-refractivity contribution in [2.24, 2.45) is 0 Å². The first kappa shape index (κ1) is 42.0. The number of rotatable bonds is 21. The fourth-order valence-corrected chi connectivity index (χ4v) is 6.76. The van der Waals surface area contributed by atoms with Gasteiger partial charge in [0.25, 0.3) is 5.79 Å². The number of likely N-dealkylation sites (N-methyl/N-ethyl adjacent to an activating group) is 1. The van der Waals surface area contributed by atoms with Gasteiger partial charge in [-0.3, -0.25) is 4.84 Å². The second kappa shape index (κ2) is 20.2. The van der Waals surface area contributed by atoms with Crippen molar-refractivity contribution >= 4 is 0 Å². The number of hydrogen-bond donors (Lipinski definition) is 1. The molecule has 11 heteroatoms. The van der Waals surface area contributed by atoms with Crippen molar-refractivity contribution in [1.82, 2.24) is 5.06 Å². The van der Waals surface area contributed by atoms with E-state index < -0.39 is 23.4 Å². The van der Waals surface area contributed by atoms with Gasteiger partial charge in [-0.05, 0) is 52.1 Å². The molecule has 2 atom stereocenters. The number of hydroxylamine groups is 2. The average Bonchev–Trinajstić information content (AvgIpc) is 3.26. The van der Waals surface area contributed by atoms with E-state index in [1.54, 1.807) is 21.3 Å². The Morgan fingerprint density at radius 2 is 0.965 bits per heavy atom. The molecule has 0 radical (unpaired) electrons. The monoisotopic (exact) mass is 779 g/mol. The van der Waals surface area contributed by atoms with Crippen LogP contribution < -0.4 is 9.47 Å². The average molecular weight is 780 g/mol. The fourth-order valence-electron chi connectivity index (χ4n) is 6.76. The summed E-state index contributed by atoms with van der Waals surface area (Å²) in [6, 6.07) is 44.4. The summed E-state index contributed by atoms with van der Waals surface area (Å²) < 4.78 is 51.1. The third-order valence-corrected chi connectivity index (χ3v) is 9.97. The molecule has 5 aromatic rings. The minimum absolute atomic E-state index is 0.000152. The minimum atomic E-state index is -2.43. The molecule has 2 unspecified atom stereocenters. The summed E-state index contributed by atoms with van der Waals surface area (Å²) >= 11 is 0. The molecule has 1 aliphatic rings. The third-order valence-electron chi connectivity index (χ3n) is 9.97. The van der Waals surface area contributed by atoms with Crippen LogP contribution in [0.2, 0.25) is 0 Å². The van der Waals surface area contributed by atoms with Crippen molar-refractivity contribution in [3.63, 3.8) is 0 Å². The van der Waals surface area contributed by atoms with E-state index in [4.69, 9.17) is 42.7 Å². The van der Waals surface area contributed by atoms with E-state index in [0.717, 1.165) is 39.3 Å². The Hall–Kier alpha value is -4.66. The van der Waals surface area contributed by atoms with Gasteiger partial charge in [-0.15, -0.1) is 5.06 Å². The van der Waals surface area contributed by atoms with Crippen LogP contribution in [0.5, 0.6) is 11.5 Å². The van der Waals surface area contributed by atoms with E-state index in [0.29, 0.717) is 0 Å². The zero-order valence-corrected chi connectivity index (χ0v) is 33.1. The topological polar surface area (TPSA) is 107 Å². The molecule has 1 fully saturated rings. The molecule has 11 nitrogen and oxygen atoms in total. The lowest BCUT2D eigenvalue weighted by molar-refractivity contribution is -0.544. The van der Waals surface area contributed by atoms with Gasteiger partial charge >= 0.3 is 5.91 Å². The van der Waals surface area contributed by atoms with Crippen LogP contribution in [-0.4, -0.2) is 75.2 Å². The van der Waals surface area contributed by atoms with E-state index in [1.165, 1.54) is 12.2 Å². The Kier molecular flexibility index (Phi) is 14.8. The quantitative estimate of drug-likeness (QED) is 0.0593. The summed E-state index contributed by atoms with van der Waals surface area (Å²) in [5.41, 5.74) is 3.16. The molecule has 0 aromatic heterocycles. The first-order valence-electron chi connectivity index (χ1n) is 18.9. The van der Waals surface area contributed by atoms with E-state index >= 15 is 0 Å². The molecule has 0 aliphatic carbocycles. The second-order valence-corrected chi connectivity index (χ2v) is 14.0. The van der Waals surface area contributed by atoms with Gasteiger partial charge in [0.2, 0.25) is 0 Å². The lowest BCUT2D eigenvalue weighted by atomic mass is 9.86. The number of benzene rings is 5. The molecular weight excluding hydrogens is 727 g/mol. The summed E-state index contributed by atoms with van der Waals surface area (Å²) in [6.45, 7) is 0.793. The zero-order chi connectivity index (χ0) is 40.0. The highest BCUT2D eigenvalue weighted by Gasteiger charge is 2.70. The first-order valence-corrected chi connectivity index (χ1v) is 18.9. The van der Waals surface area contributed by atoms with E-state index in [-0.39, 0.29) is 52.7 Å². The van der Waals surface area contributed by atoms with Crippen LogP contribution in [0.3, 0.4) is 0 Å². The van der Waals surface area contributed by atoms with Gasteiger partial charge in [0, 0.05) is 13.5 Å². The van der Waals surface area contributed by atoms with Crippen LogP contribution in [0.15, 0.2) is 140 Å². The van der Waals surface area contributed by atoms with E-state index in [9.17, 15) is 5.11 Å². The number of ether oxygens (including phenoxy) is 8. The lowest BCUT2D eigenvalue weighted by Crippen LogP contribution is -2.78. The van der Waals surface area contributed by atoms with Crippen molar-refractivity contribution in [2.75, 3.05) is 41.6 Å². The molecule has 5 aromatic carbocycles. The Balaban J connectivity index is 1.40. The maximum absolute atomic E-state index is 13.3. The Labute approximate surface area is 335 Å². The van der Waals surface area contributed by atoms with Crippen LogP contribution >= 0.6 is 0 Å². The molecule has 1 N–H and O–H groups in total. The number of aliphatic hydroxyl groups is 1. The van der Waals surface area contributed by atoms with Crippen LogP contribution in [0, 0.1) is 0 Å². The molecule has 1 heterocycles. The molecule has 0 bridgehead atoms. The molecule has 0 amide bonds. The standard InChI is InChI=1S/C46H53NO10/c1-47(51-4)46(48)45(55-32-37-16-10-6-11-17-37,56-33-38-18-12-7-13-19-38)43(54-31-36-14-8-5-9-15-36)28-44(57-46,34-52-29-39-20-24-41(49-2)25-21-39)35-53-30-40-22-26-42(50-3)27-23-40/h5-27,43,48H,28-35H2,1-4H3. The molecule has 57 heavy (non-hydrogen) atoms. The molecule has 0 saturated carbocycles. The lowest BCUT2D eigenvalue weighted by Gasteiger charge is -2.58. The second-order valence-electron chi connectivity index (χ2n) is 14.0. The van der Waals surface area contributed by atoms with E-state index in [2.05, 4.69) is 0 Å². The molecule has 1 saturated heterocycles. The largest absolute Gasteiger partial charge is 0.497 e. The molecule has 1 aliphatic heterocycles. The molecule has 0 spiro atoms. The summed E-state index contributed by atoms with van der Waals surface area (Å²) in [5.74, 6) is -2.94. The highest BCUT2D eigenvalue weighted by molar-refractivity contribution is 5.28. The van der Waals surface area contributed by atoms with Gasteiger partial charge in [-0.25, -0.2) is 0 Å². The maximum Gasteiger partial charge on any atom is 0.310 e. The summed E-state index contributed by atoms with van der Waals surface area (Å²) in [4.78, 5) is 5.79. The summed E-state index contributed by atoms with van der Waals surface area (Å²) in [7, 11) is 6.26. The van der Waals surface area contributed by atoms with Crippen LogP contribution in [-0.2, 0) is 66.3 Å². The fraction of sp³-hybridized carbons (Fsp3) is 0.348. The van der Waals surface area contributed by atoms with Gasteiger partial charge in [-0.2, -0.15) is 0 Å². The van der Waals surface area contributed by atoms with E-state index in [1.807, 2.05) is 140 Å². The van der Waals surface area contributed by atoms with Gasteiger partial charge in [-0.1, -0.05) is 115 Å². The van der Waals surface area contributed by atoms with Crippen molar-refractivity contribution in [3.05, 3.63) is 167 Å². The molecule has 6 rings (SSSR count). The Morgan fingerprint density at radius 3 is 1.37 bits per heavy atom. The number of nitrogens with zero attached hydrogens (tertiary/aromatic N) is 1. The molecule has 302 valence electrons. The smallest absolute Gasteiger partial charge is 0.310 e. The van der Waals surface area contributed by atoms with Gasteiger partial charge in [0.15, 0.2) is 0 Å². The van der Waals surface area contributed by atoms with Crippen LogP contribution in [0.25, 0.3) is 0 Å². The van der Waals surface area contributed by atoms with Gasteiger partial charge < -0.3 is 43.0 Å². The van der Waals surface area contributed by atoms with Crippen LogP contribution in [0.4, 0.5) is 0 Å². The summed E-state index contributed by atoms with van der Waals surface area (Å²) in [6.07, 6.45) is -0.843. The van der Waals surface area contributed by atoms with Gasteiger partial charge in [0.1, 0.15) is 23.2 Å². The highest BCUT2D eigenvalue weighted by Crippen LogP contribution is 2.49. The van der Waals surface area contributed by atoms with Crippen LogP contribution in [0.1, 0.15) is 34.2 Å². The third kappa shape index (κ3) is 10.6. The Morgan fingerprint density at radius 1 is 0.561 bits per heavy atom. The highest BCUT2D eigenvalue weighted by atomic mass is 16.8. The Bertz CT molecular complexity index is 1800.